The number of aromatic amines is 1. The fraction of sp³-hybridized carbons (Fsp3) is 0.500. The van der Waals surface area contributed by atoms with E-state index in [1.165, 1.54) is 44.4 Å². The van der Waals surface area contributed by atoms with Gasteiger partial charge < -0.3 is 5.32 Å². The predicted octanol–water partition coefficient (Wildman–Crippen LogP) is 4.25. The number of hydrogen-bond donors (Lipinski definition) is 2. The molecule has 1 aromatic carbocycles. The number of carbonyl (C=O) groups is 2. The van der Waals surface area contributed by atoms with E-state index in [0.717, 1.165) is 24.6 Å². The number of benzene rings is 1. The van der Waals surface area contributed by atoms with Gasteiger partial charge in [0.2, 0.25) is 11.1 Å². The number of ketones is 1. The number of nitrogens with zero attached hydrogens (tertiary/aromatic N) is 2. The third kappa shape index (κ3) is 5.66. The molecule has 7 heteroatoms. The van der Waals surface area contributed by atoms with Crippen LogP contribution in [0.3, 0.4) is 0 Å². The average molecular weight is 387 g/mol. The van der Waals surface area contributed by atoms with Crippen molar-refractivity contribution in [2.24, 2.45) is 5.92 Å². The average Bonchev–Trinajstić information content (AvgIpc) is 3.31. The Bertz CT molecular complexity index is 799. The Morgan fingerprint density at radius 2 is 2.11 bits per heavy atom. The Labute approximate surface area is 163 Å². The van der Waals surface area contributed by atoms with Crippen LogP contribution in [0.15, 0.2) is 29.4 Å². The smallest absolute Gasteiger partial charge is 0.237 e. The predicted molar refractivity (Wildman–Crippen MR) is 107 cm³/mol. The van der Waals surface area contributed by atoms with E-state index in [-0.39, 0.29) is 16.9 Å². The van der Waals surface area contributed by atoms with Crippen molar-refractivity contribution in [3.05, 3.63) is 35.7 Å². The molecule has 0 saturated heterocycles. The van der Waals surface area contributed by atoms with Gasteiger partial charge in [-0.25, -0.2) is 4.98 Å². The monoisotopic (exact) mass is 386 g/mol. The lowest BCUT2D eigenvalue weighted by Crippen LogP contribution is -2.22. The first-order chi connectivity index (χ1) is 13.0. The van der Waals surface area contributed by atoms with Crippen LogP contribution in [-0.4, -0.2) is 32.1 Å². The van der Waals surface area contributed by atoms with Gasteiger partial charge in [0, 0.05) is 17.7 Å². The number of amides is 1. The van der Waals surface area contributed by atoms with Gasteiger partial charge in [-0.2, -0.15) is 0 Å². The number of anilines is 1. The SMILES string of the molecule is CC(=O)c1cccc(NC(=O)[C@H](C)Sc2n[nH]c(CCC3CCCC3)n2)c1. The first-order valence-corrected chi connectivity index (χ1v) is 10.4. The Hall–Kier alpha value is -2.15. The molecule has 1 aliphatic carbocycles. The Kier molecular flexibility index (Phi) is 6.66. The van der Waals surface area contributed by atoms with E-state index < -0.39 is 0 Å². The maximum Gasteiger partial charge on any atom is 0.237 e. The molecule has 0 spiro atoms. The van der Waals surface area contributed by atoms with Gasteiger partial charge in [0.1, 0.15) is 5.82 Å². The first kappa shape index (κ1) is 19.6. The third-order valence-corrected chi connectivity index (χ3v) is 5.92. The van der Waals surface area contributed by atoms with Gasteiger partial charge >= 0.3 is 0 Å². The summed E-state index contributed by atoms with van der Waals surface area (Å²) in [5, 5.41) is 10.3. The van der Waals surface area contributed by atoms with Crippen LogP contribution in [0.2, 0.25) is 0 Å². The second-order valence-electron chi connectivity index (χ2n) is 7.14. The number of nitrogens with one attached hydrogen (secondary N) is 2. The highest BCUT2D eigenvalue weighted by atomic mass is 32.2. The number of H-pyrrole nitrogens is 1. The van der Waals surface area contributed by atoms with Crippen molar-refractivity contribution < 1.29 is 9.59 Å². The molecule has 3 rings (SSSR count). The van der Waals surface area contributed by atoms with Crippen molar-refractivity contribution in [2.45, 2.75) is 62.8 Å². The van der Waals surface area contributed by atoms with E-state index in [9.17, 15) is 9.59 Å². The lowest BCUT2D eigenvalue weighted by molar-refractivity contribution is -0.115. The largest absolute Gasteiger partial charge is 0.325 e. The Morgan fingerprint density at radius 3 is 2.85 bits per heavy atom. The highest BCUT2D eigenvalue weighted by molar-refractivity contribution is 8.00. The summed E-state index contributed by atoms with van der Waals surface area (Å²) >= 11 is 1.33. The molecule has 0 radical (unpaired) electrons. The zero-order valence-electron chi connectivity index (χ0n) is 15.8. The number of carbonyl (C=O) groups excluding carboxylic acids is 2. The first-order valence-electron chi connectivity index (χ1n) is 9.51. The van der Waals surface area contributed by atoms with Crippen LogP contribution in [0, 0.1) is 5.92 Å². The van der Waals surface area contributed by atoms with Gasteiger partial charge in [0.15, 0.2) is 5.78 Å². The molecule has 144 valence electrons. The molecule has 27 heavy (non-hydrogen) atoms. The highest BCUT2D eigenvalue weighted by Gasteiger charge is 2.19. The van der Waals surface area contributed by atoms with E-state index in [2.05, 4.69) is 20.5 Å². The normalized spacial score (nSPS) is 15.6. The van der Waals surface area contributed by atoms with Crippen LogP contribution in [0.1, 0.15) is 62.1 Å². The van der Waals surface area contributed by atoms with E-state index >= 15 is 0 Å². The van der Waals surface area contributed by atoms with Crippen LogP contribution < -0.4 is 5.32 Å². The number of thioether (sulfide) groups is 1. The summed E-state index contributed by atoms with van der Waals surface area (Å²) < 4.78 is 0. The molecule has 6 nitrogen and oxygen atoms in total. The number of Topliss-reactive ketones (excluding diaryl/α,β-unsaturated/α-hetero) is 1. The fourth-order valence-electron chi connectivity index (χ4n) is 3.35. The maximum absolute atomic E-state index is 12.4. The molecule has 1 heterocycles. The highest BCUT2D eigenvalue weighted by Crippen LogP contribution is 2.28. The number of aryl methyl sites for hydroxylation is 1. The summed E-state index contributed by atoms with van der Waals surface area (Å²) in [5.74, 6) is 1.55. The summed E-state index contributed by atoms with van der Waals surface area (Å²) in [6, 6.07) is 6.95. The molecule has 1 atom stereocenters. The van der Waals surface area contributed by atoms with Gasteiger partial charge in [-0.3, -0.25) is 14.7 Å². The van der Waals surface area contributed by atoms with Gasteiger partial charge in [-0.1, -0.05) is 49.6 Å². The molecule has 1 saturated carbocycles. The fourth-order valence-corrected chi connectivity index (χ4v) is 4.10. The summed E-state index contributed by atoms with van der Waals surface area (Å²) in [7, 11) is 0. The van der Waals surface area contributed by atoms with Crippen molar-refractivity contribution in [3.8, 4) is 0 Å². The van der Waals surface area contributed by atoms with Crippen LogP contribution in [-0.2, 0) is 11.2 Å². The van der Waals surface area contributed by atoms with Crippen LogP contribution in [0.25, 0.3) is 0 Å². The molecule has 2 N–H and O–H groups in total. The Morgan fingerprint density at radius 1 is 1.33 bits per heavy atom. The topological polar surface area (TPSA) is 87.7 Å². The quantitative estimate of drug-likeness (QED) is 0.523. The molecule has 2 aromatic rings. The van der Waals surface area contributed by atoms with Crippen LogP contribution in [0.4, 0.5) is 5.69 Å². The minimum atomic E-state index is -0.343. The van der Waals surface area contributed by atoms with Gasteiger partial charge in [0.25, 0.3) is 0 Å². The van der Waals surface area contributed by atoms with Crippen molar-refractivity contribution in [2.75, 3.05) is 5.32 Å². The molecular weight excluding hydrogens is 360 g/mol. The molecule has 0 aliphatic heterocycles. The number of hydrogen-bond acceptors (Lipinski definition) is 5. The third-order valence-electron chi connectivity index (χ3n) is 4.96. The summed E-state index contributed by atoms with van der Waals surface area (Å²) in [6.07, 6.45) is 7.43. The van der Waals surface area contributed by atoms with Crippen molar-refractivity contribution in [1.82, 2.24) is 15.2 Å². The maximum atomic E-state index is 12.4. The molecule has 1 amide bonds. The van der Waals surface area contributed by atoms with E-state index in [1.807, 2.05) is 6.92 Å². The van der Waals surface area contributed by atoms with E-state index in [4.69, 9.17) is 0 Å². The lowest BCUT2D eigenvalue weighted by atomic mass is 10.0. The molecule has 1 aliphatic rings. The molecule has 0 bridgehead atoms. The zero-order chi connectivity index (χ0) is 19.2. The molecule has 1 aromatic heterocycles. The van der Waals surface area contributed by atoms with Crippen LogP contribution in [0.5, 0.6) is 0 Å². The minimum Gasteiger partial charge on any atom is -0.325 e. The molecule has 0 unspecified atom stereocenters. The molecular formula is C20H26N4O2S. The zero-order valence-corrected chi connectivity index (χ0v) is 16.6. The summed E-state index contributed by atoms with van der Waals surface area (Å²) in [4.78, 5) is 28.4. The summed E-state index contributed by atoms with van der Waals surface area (Å²) in [5.41, 5.74) is 1.20. The lowest BCUT2D eigenvalue weighted by Gasteiger charge is -2.10. The Balaban J connectivity index is 1.50. The van der Waals surface area contributed by atoms with E-state index in [1.54, 1.807) is 24.3 Å². The number of rotatable bonds is 8. The second-order valence-corrected chi connectivity index (χ2v) is 8.45. The summed E-state index contributed by atoms with van der Waals surface area (Å²) in [6.45, 7) is 3.33. The molecule has 1 fully saturated rings. The van der Waals surface area contributed by atoms with Gasteiger partial charge in [-0.15, -0.1) is 5.10 Å². The minimum absolute atomic E-state index is 0.0284. The second kappa shape index (κ2) is 9.17. The number of aromatic nitrogens is 3. The standard InChI is InChI=1S/C20H26N4O2S/c1-13(25)16-8-5-9-17(12-16)21-19(26)14(2)27-20-22-18(23-24-20)11-10-15-6-3-4-7-15/h5,8-9,12,14-15H,3-4,6-7,10-11H2,1-2H3,(H,21,26)(H,22,23,24)/t14-/m0/s1. The van der Waals surface area contributed by atoms with E-state index in [0.29, 0.717) is 16.4 Å². The van der Waals surface area contributed by atoms with Gasteiger partial charge in [-0.05, 0) is 38.3 Å². The van der Waals surface area contributed by atoms with Gasteiger partial charge in [0.05, 0.1) is 5.25 Å². The van der Waals surface area contributed by atoms with Crippen molar-refractivity contribution in [3.63, 3.8) is 0 Å². The van der Waals surface area contributed by atoms with Crippen molar-refractivity contribution >= 4 is 29.1 Å². The van der Waals surface area contributed by atoms with Crippen LogP contribution >= 0.6 is 11.8 Å². The van der Waals surface area contributed by atoms with Crippen molar-refractivity contribution in [1.29, 1.82) is 0 Å².